The lowest BCUT2D eigenvalue weighted by atomic mass is 9.91. The number of nitriles is 1. The van der Waals surface area contributed by atoms with Crippen molar-refractivity contribution in [3.63, 3.8) is 0 Å². The van der Waals surface area contributed by atoms with E-state index in [1.807, 2.05) is 34.6 Å². The number of carbonyl (C=O) groups excluding carboxylic acids is 1. The van der Waals surface area contributed by atoms with Crippen LogP contribution >= 0.6 is 0 Å². The van der Waals surface area contributed by atoms with Crippen molar-refractivity contribution in [1.29, 1.82) is 5.26 Å². The van der Waals surface area contributed by atoms with Gasteiger partial charge in [-0.15, -0.1) is 0 Å². The Labute approximate surface area is 242 Å². The first-order valence-electron chi connectivity index (χ1n) is 14.3. The van der Waals surface area contributed by atoms with Crippen LogP contribution in [-0.4, -0.2) is 81.0 Å². The maximum Gasteiger partial charge on any atom is 0.354 e. The SMILES string of the molecule is CCOC(C)OC(C#N)(C[C@@H](O[Si](C)(C)C(C)(C)C)[C@H]1OC(C)(C)O[C@@H]1[C@H]1COC(C)(C)O1)C(=O)OC(C)(C)C. The Balaban J connectivity index is 2.62. The Bertz CT molecular complexity index is 918. The Morgan fingerprint density at radius 2 is 1.65 bits per heavy atom. The van der Waals surface area contributed by atoms with Gasteiger partial charge in [-0.3, -0.25) is 0 Å². The quantitative estimate of drug-likeness (QED) is 0.176. The minimum absolute atomic E-state index is 0.167. The van der Waals surface area contributed by atoms with Crippen LogP contribution in [0.4, 0.5) is 0 Å². The van der Waals surface area contributed by atoms with Gasteiger partial charge >= 0.3 is 5.97 Å². The number of nitrogens with zero attached hydrogens (tertiary/aromatic N) is 1. The van der Waals surface area contributed by atoms with Crippen LogP contribution in [-0.2, 0) is 42.4 Å². The molecule has 2 fully saturated rings. The van der Waals surface area contributed by atoms with Crippen LogP contribution in [0.25, 0.3) is 0 Å². The molecule has 0 saturated carbocycles. The number of esters is 1. The van der Waals surface area contributed by atoms with Gasteiger partial charge in [0.1, 0.15) is 30.0 Å². The van der Waals surface area contributed by atoms with Gasteiger partial charge in [0.05, 0.1) is 12.7 Å². The Morgan fingerprint density at radius 1 is 1.05 bits per heavy atom. The summed E-state index contributed by atoms with van der Waals surface area (Å²) in [5, 5.41) is 10.4. The number of rotatable bonds is 11. The summed E-state index contributed by atoms with van der Waals surface area (Å²) in [6.45, 7) is 27.3. The molecule has 11 heteroatoms. The monoisotopic (exact) mass is 587 g/mol. The maximum atomic E-state index is 13.7. The lowest BCUT2D eigenvalue weighted by Gasteiger charge is -2.43. The highest BCUT2D eigenvalue weighted by atomic mass is 28.4. The third-order valence-electron chi connectivity index (χ3n) is 7.35. The lowest BCUT2D eigenvalue weighted by molar-refractivity contribution is -0.219. The number of hydrogen-bond donors (Lipinski definition) is 0. The smallest absolute Gasteiger partial charge is 0.354 e. The molecule has 0 radical (unpaired) electrons. The van der Waals surface area contributed by atoms with Gasteiger partial charge in [-0.1, -0.05) is 20.8 Å². The molecule has 0 aromatic rings. The second kappa shape index (κ2) is 12.2. The van der Waals surface area contributed by atoms with Crippen molar-refractivity contribution in [2.24, 2.45) is 0 Å². The normalized spacial score (nSPS) is 28.0. The zero-order valence-corrected chi connectivity index (χ0v) is 28.1. The molecule has 0 bridgehead atoms. The minimum Gasteiger partial charge on any atom is -0.457 e. The summed E-state index contributed by atoms with van der Waals surface area (Å²) in [6.07, 6.45) is -3.56. The molecule has 0 N–H and O–H groups in total. The topological polar surface area (TPSA) is 115 Å². The third kappa shape index (κ3) is 8.95. The highest BCUT2D eigenvalue weighted by Crippen LogP contribution is 2.44. The summed E-state index contributed by atoms with van der Waals surface area (Å²) >= 11 is 0. The van der Waals surface area contributed by atoms with E-state index >= 15 is 0 Å². The molecule has 0 aromatic heterocycles. The predicted molar refractivity (Wildman–Crippen MR) is 152 cm³/mol. The van der Waals surface area contributed by atoms with Gasteiger partial charge in [-0.25, -0.2) is 4.79 Å². The van der Waals surface area contributed by atoms with Crippen LogP contribution in [0.15, 0.2) is 0 Å². The molecular weight excluding hydrogens is 534 g/mol. The largest absolute Gasteiger partial charge is 0.457 e. The van der Waals surface area contributed by atoms with Crippen molar-refractivity contribution in [3.8, 4) is 6.07 Å². The van der Waals surface area contributed by atoms with Crippen molar-refractivity contribution < 1.29 is 42.4 Å². The van der Waals surface area contributed by atoms with Crippen molar-refractivity contribution in [2.75, 3.05) is 13.2 Å². The first kappa shape index (κ1) is 35.1. The summed E-state index contributed by atoms with van der Waals surface area (Å²) in [5.74, 6) is -2.57. The average Bonchev–Trinajstić information content (AvgIpc) is 3.28. The van der Waals surface area contributed by atoms with Gasteiger partial charge in [0.2, 0.25) is 0 Å². The van der Waals surface area contributed by atoms with Gasteiger partial charge in [-0.2, -0.15) is 5.26 Å². The Kier molecular flexibility index (Phi) is 10.7. The standard InChI is InChI=1S/C29H53NO9Si/c1-15-32-19(2)34-29(18-30,24(31)38-25(3,4)5)16-20(39-40(13,14)26(6,7)8)22-23(37-28(11,12)36-22)21-17-33-27(9,10)35-21/h19-23H,15-17H2,1-14H3/t19?,20-,21-,22-,23-,29?/m1/s1. The van der Waals surface area contributed by atoms with E-state index in [0.717, 1.165) is 0 Å². The summed E-state index contributed by atoms with van der Waals surface area (Å²) in [6, 6.07) is 2.13. The predicted octanol–water partition coefficient (Wildman–Crippen LogP) is 5.44. The molecule has 2 aliphatic rings. The fourth-order valence-corrected chi connectivity index (χ4v) is 5.87. The molecular formula is C29H53NO9Si. The molecule has 40 heavy (non-hydrogen) atoms. The van der Waals surface area contributed by atoms with Crippen LogP contribution in [0.5, 0.6) is 0 Å². The highest BCUT2D eigenvalue weighted by molar-refractivity contribution is 6.74. The van der Waals surface area contributed by atoms with Crippen LogP contribution in [0.2, 0.25) is 18.1 Å². The van der Waals surface area contributed by atoms with Gasteiger partial charge in [0.15, 0.2) is 26.2 Å². The molecule has 0 amide bonds. The molecule has 0 aliphatic carbocycles. The molecule has 232 valence electrons. The van der Waals surface area contributed by atoms with E-state index in [0.29, 0.717) is 13.2 Å². The third-order valence-corrected chi connectivity index (χ3v) is 11.8. The van der Waals surface area contributed by atoms with Gasteiger partial charge < -0.3 is 37.6 Å². The highest BCUT2D eigenvalue weighted by Gasteiger charge is 2.57. The van der Waals surface area contributed by atoms with Crippen molar-refractivity contribution in [2.45, 2.75) is 161 Å². The van der Waals surface area contributed by atoms with E-state index in [4.69, 9.17) is 37.6 Å². The molecule has 10 nitrogen and oxygen atoms in total. The summed E-state index contributed by atoms with van der Waals surface area (Å²) in [5.41, 5.74) is -2.90. The maximum absolute atomic E-state index is 13.7. The second-order valence-electron chi connectivity index (χ2n) is 14.1. The zero-order valence-electron chi connectivity index (χ0n) is 27.1. The average molecular weight is 588 g/mol. The van der Waals surface area contributed by atoms with Crippen molar-refractivity contribution >= 4 is 14.3 Å². The molecule has 0 aromatic carbocycles. The van der Waals surface area contributed by atoms with Crippen LogP contribution in [0.3, 0.4) is 0 Å². The Morgan fingerprint density at radius 3 is 2.10 bits per heavy atom. The van der Waals surface area contributed by atoms with E-state index in [-0.39, 0.29) is 11.5 Å². The summed E-state index contributed by atoms with van der Waals surface area (Å²) in [4.78, 5) is 13.7. The second-order valence-corrected chi connectivity index (χ2v) is 18.9. The molecule has 2 unspecified atom stereocenters. The van der Waals surface area contributed by atoms with E-state index in [1.165, 1.54) is 0 Å². The van der Waals surface area contributed by atoms with Crippen molar-refractivity contribution in [3.05, 3.63) is 0 Å². The number of carbonyl (C=O) groups is 1. The van der Waals surface area contributed by atoms with Crippen molar-refractivity contribution in [1.82, 2.24) is 0 Å². The first-order chi connectivity index (χ1) is 18.0. The lowest BCUT2D eigenvalue weighted by Crippen LogP contribution is -2.56. The molecule has 0 spiro atoms. The van der Waals surface area contributed by atoms with E-state index in [2.05, 4.69) is 39.9 Å². The van der Waals surface area contributed by atoms with Gasteiger partial charge in [0.25, 0.3) is 5.60 Å². The summed E-state index contributed by atoms with van der Waals surface area (Å²) < 4.78 is 49.3. The Hall–Kier alpha value is -1.10. The fraction of sp³-hybridized carbons (Fsp3) is 0.931. The van der Waals surface area contributed by atoms with Crippen LogP contribution in [0, 0.1) is 11.3 Å². The molecule has 2 heterocycles. The molecule has 2 saturated heterocycles. The van der Waals surface area contributed by atoms with Crippen LogP contribution < -0.4 is 0 Å². The van der Waals surface area contributed by atoms with Gasteiger partial charge in [-0.05, 0) is 80.4 Å². The first-order valence-corrected chi connectivity index (χ1v) is 17.2. The van der Waals surface area contributed by atoms with Gasteiger partial charge in [0, 0.05) is 13.0 Å². The number of ether oxygens (including phenoxy) is 7. The number of hydrogen-bond acceptors (Lipinski definition) is 10. The van der Waals surface area contributed by atoms with E-state index < -0.39 is 67.8 Å². The minimum atomic E-state index is -2.48. The molecule has 2 rings (SSSR count). The molecule has 2 aliphatic heterocycles. The van der Waals surface area contributed by atoms with Crippen LogP contribution in [0.1, 0.15) is 89.5 Å². The zero-order chi connectivity index (χ0) is 30.9. The fourth-order valence-electron chi connectivity index (χ4n) is 4.54. The summed E-state index contributed by atoms with van der Waals surface area (Å²) in [7, 11) is -2.48. The van der Waals surface area contributed by atoms with E-state index in [9.17, 15) is 10.1 Å². The molecule has 6 atom stereocenters. The van der Waals surface area contributed by atoms with E-state index in [1.54, 1.807) is 27.7 Å².